The number of hydrogen-bond acceptors (Lipinski definition) is 4. The van der Waals surface area contributed by atoms with Crippen LogP contribution in [0, 0.1) is 11.3 Å². The Balaban J connectivity index is 2.82. The Kier molecular flexibility index (Phi) is 4.69. The fraction of sp³-hybridized carbons (Fsp3) is 0.400. The van der Waals surface area contributed by atoms with E-state index in [9.17, 15) is 10.2 Å². The molecule has 0 aromatic carbocycles. The van der Waals surface area contributed by atoms with Crippen molar-refractivity contribution in [2.75, 3.05) is 5.33 Å². The molecule has 2 unspecified atom stereocenters. The topological polar surface area (TPSA) is 77.1 Å². The maximum atomic E-state index is 9.73. The lowest BCUT2D eigenvalue weighted by molar-refractivity contribution is 0.0173. The van der Waals surface area contributed by atoms with E-state index in [0.29, 0.717) is 17.3 Å². The van der Waals surface area contributed by atoms with Crippen molar-refractivity contribution in [3.05, 3.63) is 29.6 Å². The lowest BCUT2D eigenvalue weighted by Crippen LogP contribution is -2.18. The van der Waals surface area contributed by atoms with Gasteiger partial charge in [-0.1, -0.05) is 15.9 Å². The van der Waals surface area contributed by atoms with Gasteiger partial charge in [0.25, 0.3) is 0 Å². The Labute approximate surface area is 96.3 Å². The molecule has 1 aromatic rings. The van der Waals surface area contributed by atoms with Gasteiger partial charge in [-0.05, 0) is 24.1 Å². The molecule has 0 saturated heterocycles. The van der Waals surface area contributed by atoms with E-state index in [2.05, 4.69) is 20.9 Å². The van der Waals surface area contributed by atoms with Crippen LogP contribution in [0.3, 0.4) is 0 Å². The molecule has 0 aliphatic carbocycles. The van der Waals surface area contributed by atoms with E-state index in [1.807, 2.05) is 6.07 Å². The third kappa shape index (κ3) is 3.27. The van der Waals surface area contributed by atoms with E-state index in [1.165, 1.54) is 12.3 Å². The van der Waals surface area contributed by atoms with Crippen LogP contribution < -0.4 is 0 Å². The van der Waals surface area contributed by atoms with E-state index >= 15 is 0 Å². The number of nitrogens with zero attached hydrogens (tertiary/aromatic N) is 2. The Bertz CT molecular complexity index is 365. The molecular formula is C10H11BrN2O2. The fourth-order valence-corrected chi connectivity index (χ4v) is 1.65. The summed E-state index contributed by atoms with van der Waals surface area (Å²) in [4.78, 5) is 3.78. The van der Waals surface area contributed by atoms with E-state index in [4.69, 9.17) is 5.26 Å². The lowest BCUT2D eigenvalue weighted by Gasteiger charge is -2.16. The van der Waals surface area contributed by atoms with Crippen molar-refractivity contribution in [2.45, 2.75) is 18.6 Å². The van der Waals surface area contributed by atoms with Gasteiger partial charge < -0.3 is 10.2 Å². The highest BCUT2D eigenvalue weighted by Gasteiger charge is 2.17. The molecule has 2 N–H and O–H groups in total. The van der Waals surface area contributed by atoms with Crippen molar-refractivity contribution < 1.29 is 10.2 Å². The summed E-state index contributed by atoms with van der Waals surface area (Å²) in [7, 11) is 0. The Morgan fingerprint density at radius 2 is 2.27 bits per heavy atom. The van der Waals surface area contributed by atoms with Gasteiger partial charge in [0.15, 0.2) is 0 Å². The molecule has 0 bridgehead atoms. The van der Waals surface area contributed by atoms with Crippen LogP contribution in [0.25, 0.3) is 0 Å². The Morgan fingerprint density at radius 1 is 1.53 bits per heavy atom. The summed E-state index contributed by atoms with van der Waals surface area (Å²) >= 11 is 3.18. The summed E-state index contributed by atoms with van der Waals surface area (Å²) < 4.78 is 0. The molecule has 0 amide bonds. The highest BCUT2D eigenvalue weighted by molar-refractivity contribution is 9.09. The second kappa shape index (κ2) is 5.81. The zero-order valence-corrected chi connectivity index (χ0v) is 9.55. The largest absolute Gasteiger partial charge is 0.390 e. The number of aliphatic hydroxyl groups is 2. The fourth-order valence-electron chi connectivity index (χ4n) is 1.18. The maximum Gasteiger partial charge on any atom is 0.140 e. The molecule has 80 valence electrons. The molecule has 4 nitrogen and oxygen atoms in total. The van der Waals surface area contributed by atoms with Gasteiger partial charge in [0, 0.05) is 11.5 Å². The zero-order valence-electron chi connectivity index (χ0n) is 7.97. The first-order valence-corrected chi connectivity index (χ1v) is 5.59. The van der Waals surface area contributed by atoms with Gasteiger partial charge in [-0.3, -0.25) is 0 Å². The lowest BCUT2D eigenvalue weighted by atomic mass is 10.0. The first-order valence-electron chi connectivity index (χ1n) is 4.47. The molecule has 5 heteroatoms. The Hall–Kier alpha value is -0.960. The minimum Gasteiger partial charge on any atom is -0.390 e. The van der Waals surface area contributed by atoms with E-state index < -0.39 is 12.2 Å². The van der Waals surface area contributed by atoms with Crippen LogP contribution in [0.1, 0.15) is 23.8 Å². The van der Waals surface area contributed by atoms with Gasteiger partial charge in [0.1, 0.15) is 17.9 Å². The number of pyridine rings is 1. The third-order valence-corrected chi connectivity index (χ3v) is 2.47. The number of aromatic nitrogens is 1. The molecule has 1 aromatic heterocycles. The first-order chi connectivity index (χ1) is 7.19. The van der Waals surface area contributed by atoms with E-state index in [1.54, 1.807) is 6.07 Å². The number of aliphatic hydroxyl groups excluding tert-OH is 2. The summed E-state index contributed by atoms with van der Waals surface area (Å²) in [5.74, 6) is 0. The molecule has 0 aliphatic rings. The molecule has 0 spiro atoms. The van der Waals surface area contributed by atoms with Crippen LogP contribution in [0.4, 0.5) is 0 Å². The average molecular weight is 271 g/mol. The number of alkyl halides is 1. The van der Waals surface area contributed by atoms with Crippen molar-refractivity contribution in [1.82, 2.24) is 4.98 Å². The van der Waals surface area contributed by atoms with Gasteiger partial charge in [0.2, 0.25) is 0 Å². The first kappa shape index (κ1) is 12.1. The number of halogens is 1. The maximum absolute atomic E-state index is 9.73. The summed E-state index contributed by atoms with van der Waals surface area (Å²) in [6.07, 6.45) is 0.0829. The molecule has 1 rings (SSSR count). The SMILES string of the molecule is N#Cc1cc(C(O)C(O)CCBr)ccn1. The summed E-state index contributed by atoms with van der Waals surface area (Å²) in [5.41, 5.74) is 0.743. The molecule has 0 radical (unpaired) electrons. The third-order valence-electron chi connectivity index (χ3n) is 2.01. The van der Waals surface area contributed by atoms with Crippen LogP contribution in [-0.2, 0) is 0 Å². The van der Waals surface area contributed by atoms with E-state index in [-0.39, 0.29) is 5.69 Å². The van der Waals surface area contributed by atoms with Crippen LogP contribution >= 0.6 is 15.9 Å². The number of nitriles is 1. The Morgan fingerprint density at radius 3 is 2.87 bits per heavy atom. The number of hydrogen-bond donors (Lipinski definition) is 2. The quantitative estimate of drug-likeness (QED) is 0.805. The normalized spacial score (nSPS) is 14.3. The standard InChI is InChI=1S/C10H11BrN2O2/c11-3-1-9(14)10(15)7-2-4-13-8(5-7)6-12/h2,4-5,9-10,14-15H,1,3H2. The van der Waals surface area contributed by atoms with Crippen molar-refractivity contribution in [1.29, 1.82) is 5.26 Å². The predicted molar refractivity (Wildman–Crippen MR) is 58.3 cm³/mol. The van der Waals surface area contributed by atoms with Gasteiger partial charge >= 0.3 is 0 Å². The minimum absolute atomic E-state index is 0.234. The molecule has 2 atom stereocenters. The van der Waals surface area contributed by atoms with Crippen LogP contribution in [0.15, 0.2) is 18.3 Å². The summed E-state index contributed by atoms with van der Waals surface area (Å²) in [6, 6.07) is 4.94. The number of rotatable bonds is 4. The van der Waals surface area contributed by atoms with Crippen molar-refractivity contribution in [2.24, 2.45) is 0 Å². The van der Waals surface area contributed by atoms with Gasteiger partial charge in [-0.25, -0.2) is 4.98 Å². The van der Waals surface area contributed by atoms with Gasteiger partial charge in [0.05, 0.1) is 6.10 Å². The van der Waals surface area contributed by atoms with Crippen LogP contribution in [0.2, 0.25) is 0 Å². The van der Waals surface area contributed by atoms with Gasteiger partial charge in [-0.15, -0.1) is 0 Å². The van der Waals surface area contributed by atoms with Crippen molar-refractivity contribution in [3.63, 3.8) is 0 Å². The second-order valence-corrected chi connectivity index (χ2v) is 3.87. The van der Waals surface area contributed by atoms with Crippen molar-refractivity contribution >= 4 is 15.9 Å². The van der Waals surface area contributed by atoms with Crippen LogP contribution in [-0.4, -0.2) is 26.6 Å². The highest BCUT2D eigenvalue weighted by atomic mass is 79.9. The molecule has 0 fully saturated rings. The monoisotopic (exact) mass is 270 g/mol. The summed E-state index contributed by atoms with van der Waals surface area (Å²) in [6.45, 7) is 0. The molecule has 0 aliphatic heterocycles. The smallest absolute Gasteiger partial charge is 0.140 e. The molecule has 1 heterocycles. The van der Waals surface area contributed by atoms with E-state index in [0.717, 1.165) is 0 Å². The van der Waals surface area contributed by atoms with Crippen molar-refractivity contribution in [3.8, 4) is 6.07 Å². The second-order valence-electron chi connectivity index (χ2n) is 3.08. The van der Waals surface area contributed by atoms with Crippen LogP contribution in [0.5, 0.6) is 0 Å². The predicted octanol–water partition coefficient (Wildman–Crippen LogP) is 1.13. The average Bonchev–Trinajstić information content (AvgIpc) is 2.28. The molecular weight excluding hydrogens is 260 g/mol. The highest BCUT2D eigenvalue weighted by Crippen LogP contribution is 2.19. The molecule has 15 heavy (non-hydrogen) atoms. The zero-order chi connectivity index (χ0) is 11.3. The minimum atomic E-state index is -0.974. The summed E-state index contributed by atoms with van der Waals surface area (Å²) in [5, 5.41) is 28.5. The molecule has 0 saturated carbocycles. The van der Waals surface area contributed by atoms with Gasteiger partial charge in [-0.2, -0.15) is 5.26 Å².